The first kappa shape index (κ1) is 36.0. The molecule has 6 aromatic carbocycles. The smallest absolute Gasteiger partial charge is 0.164 e. The van der Waals surface area contributed by atoms with Crippen molar-refractivity contribution in [2.45, 2.75) is 26.2 Å². The van der Waals surface area contributed by atoms with Gasteiger partial charge in [0.05, 0.1) is 0 Å². The van der Waals surface area contributed by atoms with E-state index in [1.165, 1.54) is 0 Å². The monoisotopic (exact) mass is 751 g/mol. The summed E-state index contributed by atoms with van der Waals surface area (Å²) in [5, 5.41) is 0. The zero-order valence-electron chi connectivity index (χ0n) is 32.2. The van der Waals surface area contributed by atoms with E-state index in [-0.39, 0.29) is 5.41 Å². The van der Waals surface area contributed by atoms with E-state index >= 15 is 0 Å². The van der Waals surface area contributed by atoms with Crippen LogP contribution in [0.15, 0.2) is 170 Å². The lowest BCUT2D eigenvalue weighted by atomic mass is 9.95. The molecule has 9 nitrogen and oxygen atoms in total. The molecule has 0 saturated heterocycles. The Morgan fingerprint density at radius 3 is 0.655 bits per heavy atom. The molecule has 0 saturated carbocycles. The van der Waals surface area contributed by atoms with Gasteiger partial charge in [0.25, 0.3) is 0 Å². The van der Waals surface area contributed by atoms with Crippen LogP contribution in [0.4, 0.5) is 0 Å². The first-order chi connectivity index (χ1) is 28.3. The summed E-state index contributed by atoms with van der Waals surface area (Å²) >= 11 is 0. The predicted octanol–water partition coefficient (Wildman–Crippen LogP) is 10.9. The molecule has 9 heteroatoms. The van der Waals surface area contributed by atoms with Crippen molar-refractivity contribution in [3.8, 4) is 91.1 Å². The molecule has 0 spiro atoms. The van der Waals surface area contributed by atoms with Gasteiger partial charge in [-0.05, 0) is 18.2 Å². The molecular weight excluding hydrogens is 715 g/mol. The summed E-state index contributed by atoms with van der Waals surface area (Å²) in [5.74, 6) is 4.91. The maximum Gasteiger partial charge on any atom is 0.164 e. The molecular formula is C49H37N9. The van der Waals surface area contributed by atoms with Gasteiger partial charge in [-0.25, -0.2) is 44.9 Å². The van der Waals surface area contributed by atoms with Crippen LogP contribution >= 0.6 is 0 Å². The molecule has 0 radical (unpaired) electrons. The minimum absolute atomic E-state index is 0.367. The molecule has 0 bridgehead atoms. The topological polar surface area (TPSA) is 116 Å². The van der Waals surface area contributed by atoms with Crippen LogP contribution < -0.4 is 0 Å². The van der Waals surface area contributed by atoms with E-state index in [2.05, 4.69) is 20.8 Å². The third kappa shape index (κ3) is 7.74. The van der Waals surface area contributed by atoms with Gasteiger partial charge in [0.15, 0.2) is 46.6 Å². The third-order valence-corrected chi connectivity index (χ3v) is 9.44. The average Bonchev–Trinajstić information content (AvgIpc) is 3.29. The number of hydrogen-bond donors (Lipinski definition) is 0. The molecule has 0 aliphatic rings. The van der Waals surface area contributed by atoms with Crippen LogP contribution in [0.1, 0.15) is 26.6 Å². The Bertz CT molecular complexity index is 2590. The number of aromatic nitrogens is 9. The molecule has 0 fully saturated rings. The number of hydrogen-bond acceptors (Lipinski definition) is 9. The van der Waals surface area contributed by atoms with Crippen molar-refractivity contribution in [2.75, 3.05) is 0 Å². The number of benzene rings is 6. The van der Waals surface area contributed by atoms with E-state index in [9.17, 15) is 0 Å². The molecule has 0 unspecified atom stereocenters. The van der Waals surface area contributed by atoms with Crippen LogP contribution in [-0.4, -0.2) is 44.9 Å². The first-order valence-electron chi connectivity index (χ1n) is 19.1. The van der Waals surface area contributed by atoms with Crippen molar-refractivity contribution in [1.82, 2.24) is 44.9 Å². The summed E-state index contributed by atoms with van der Waals surface area (Å²) in [7, 11) is 0. The van der Waals surface area contributed by atoms with E-state index in [1.807, 2.05) is 170 Å². The largest absolute Gasteiger partial charge is 0.212 e. The van der Waals surface area contributed by atoms with E-state index in [1.54, 1.807) is 0 Å². The summed E-state index contributed by atoms with van der Waals surface area (Å²) < 4.78 is 0. The molecule has 0 atom stereocenters. The van der Waals surface area contributed by atoms with Gasteiger partial charge in [0, 0.05) is 49.9 Å². The van der Waals surface area contributed by atoms with E-state index in [0.29, 0.717) is 63.5 Å². The molecule has 3 heterocycles. The Balaban J connectivity index is 1.32. The van der Waals surface area contributed by atoms with Gasteiger partial charge in [-0.3, -0.25) is 0 Å². The van der Waals surface area contributed by atoms with Crippen molar-refractivity contribution in [3.05, 3.63) is 176 Å². The zero-order valence-corrected chi connectivity index (χ0v) is 32.2. The molecule has 0 amide bonds. The van der Waals surface area contributed by atoms with Gasteiger partial charge in [-0.2, -0.15) is 0 Å². The molecule has 9 aromatic rings. The number of nitrogens with zero attached hydrogens (tertiary/aromatic N) is 9. The normalized spacial score (nSPS) is 11.4. The lowest BCUT2D eigenvalue weighted by Crippen LogP contribution is -2.18. The Kier molecular flexibility index (Phi) is 9.61. The molecule has 9 rings (SSSR count). The van der Waals surface area contributed by atoms with Crippen molar-refractivity contribution in [3.63, 3.8) is 0 Å². The summed E-state index contributed by atoms with van der Waals surface area (Å²) in [5.41, 5.74) is 6.17. The highest BCUT2D eigenvalue weighted by molar-refractivity contribution is 5.78. The summed E-state index contributed by atoms with van der Waals surface area (Å²) in [6.07, 6.45) is 0. The highest BCUT2D eigenvalue weighted by Gasteiger charge is 2.23. The lowest BCUT2D eigenvalue weighted by molar-refractivity contribution is 0.543. The zero-order chi connectivity index (χ0) is 39.5. The fraction of sp³-hybridized carbons (Fsp3) is 0.0816. The predicted molar refractivity (Wildman–Crippen MR) is 229 cm³/mol. The SMILES string of the molecule is CC(C)(C)c1nc(-c2ccccc2)nc(-c2cc(-c3nc(-c4ccccc4)nc(-c4ccccc4)n3)cc(-c3nc(-c4ccccc4)nc(-c4ccccc4)n3)c2)n1. The van der Waals surface area contributed by atoms with Crippen LogP contribution in [-0.2, 0) is 5.41 Å². The van der Waals surface area contributed by atoms with E-state index in [0.717, 1.165) is 33.4 Å². The minimum atomic E-state index is -0.367. The quantitative estimate of drug-likeness (QED) is 0.150. The summed E-state index contributed by atoms with van der Waals surface area (Å²) in [6.45, 7) is 6.31. The van der Waals surface area contributed by atoms with Gasteiger partial charge >= 0.3 is 0 Å². The van der Waals surface area contributed by atoms with E-state index < -0.39 is 0 Å². The molecule has 0 aliphatic carbocycles. The Hall–Kier alpha value is -7.65. The van der Waals surface area contributed by atoms with Crippen molar-refractivity contribution >= 4 is 0 Å². The fourth-order valence-electron chi connectivity index (χ4n) is 6.45. The maximum atomic E-state index is 5.10. The van der Waals surface area contributed by atoms with E-state index in [4.69, 9.17) is 44.9 Å². The van der Waals surface area contributed by atoms with Crippen molar-refractivity contribution < 1.29 is 0 Å². The second-order valence-electron chi connectivity index (χ2n) is 14.8. The first-order valence-corrected chi connectivity index (χ1v) is 19.1. The van der Waals surface area contributed by atoms with Gasteiger partial charge in [-0.1, -0.05) is 172 Å². The van der Waals surface area contributed by atoms with Crippen molar-refractivity contribution in [2.24, 2.45) is 0 Å². The lowest BCUT2D eigenvalue weighted by Gasteiger charge is -2.18. The number of rotatable bonds is 8. The van der Waals surface area contributed by atoms with Crippen LogP contribution in [0.3, 0.4) is 0 Å². The molecule has 58 heavy (non-hydrogen) atoms. The van der Waals surface area contributed by atoms with Gasteiger partial charge in [0.1, 0.15) is 5.82 Å². The Morgan fingerprint density at radius 1 is 0.241 bits per heavy atom. The van der Waals surface area contributed by atoms with Crippen molar-refractivity contribution in [1.29, 1.82) is 0 Å². The van der Waals surface area contributed by atoms with Crippen LogP contribution in [0.5, 0.6) is 0 Å². The van der Waals surface area contributed by atoms with Crippen LogP contribution in [0.25, 0.3) is 91.1 Å². The summed E-state index contributed by atoms with van der Waals surface area (Å²) in [4.78, 5) is 45.4. The second kappa shape index (κ2) is 15.5. The maximum absolute atomic E-state index is 5.10. The van der Waals surface area contributed by atoms with Crippen LogP contribution in [0.2, 0.25) is 0 Å². The average molecular weight is 752 g/mol. The fourth-order valence-corrected chi connectivity index (χ4v) is 6.45. The highest BCUT2D eigenvalue weighted by atomic mass is 15.1. The molecule has 0 N–H and O–H groups in total. The molecule has 0 aliphatic heterocycles. The molecule has 3 aromatic heterocycles. The highest BCUT2D eigenvalue weighted by Crippen LogP contribution is 2.34. The third-order valence-electron chi connectivity index (χ3n) is 9.44. The van der Waals surface area contributed by atoms with Gasteiger partial charge in [-0.15, -0.1) is 0 Å². The summed E-state index contributed by atoms with van der Waals surface area (Å²) in [6, 6.07) is 55.8. The Labute approximate surface area is 336 Å². The molecule has 278 valence electrons. The second-order valence-corrected chi connectivity index (χ2v) is 14.8. The Morgan fingerprint density at radius 2 is 0.431 bits per heavy atom. The standard InChI is InChI=1S/C49H37N9/c1-49(2,3)48-57-44(36-27-17-8-18-28-36)56-47(58-48)39-30-37(45-52-40(32-19-9-4-10-20-32)50-41(53-45)33-21-11-5-12-22-33)29-38(31-39)46-54-42(34-23-13-6-14-24-34)51-43(55-46)35-25-15-7-16-26-35/h4-31H,1-3H3. The van der Waals surface area contributed by atoms with Gasteiger partial charge in [0.2, 0.25) is 0 Å². The minimum Gasteiger partial charge on any atom is -0.212 e. The van der Waals surface area contributed by atoms with Gasteiger partial charge < -0.3 is 0 Å². The van der Waals surface area contributed by atoms with Crippen LogP contribution in [0, 0.1) is 0 Å².